The van der Waals surface area contributed by atoms with Crippen LogP contribution in [0.15, 0.2) is 48.8 Å². The summed E-state index contributed by atoms with van der Waals surface area (Å²) < 4.78 is 16.1. The van der Waals surface area contributed by atoms with Crippen LogP contribution in [0.3, 0.4) is 0 Å². The monoisotopic (exact) mass is 380 g/mol. The van der Waals surface area contributed by atoms with Crippen LogP contribution in [-0.2, 0) is 6.54 Å². The minimum atomic E-state index is 0.541. The predicted octanol–water partition coefficient (Wildman–Crippen LogP) is 4.17. The van der Waals surface area contributed by atoms with Gasteiger partial charge in [-0.25, -0.2) is 9.97 Å². The van der Waals surface area contributed by atoms with E-state index in [1.54, 1.807) is 21.3 Å². The highest BCUT2D eigenvalue weighted by atomic mass is 16.5. The van der Waals surface area contributed by atoms with Crippen molar-refractivity contribution in [3.63, 3.8) is 0 Å². The van der Waals surface area contributed by atoms with Crippen LogP contribution in [0, 0.1) is 6.92 Å². The first-order chi connectivity index (χ1) is 13.6. The molecular formula is C21H24N4O3. The Morgan fingerprint density at radius 2 is 1.57 bits per heavy atom. The van der Waals surface area contributed by atoms with Crippen molar-refractivity contribution in [3.8, 4) is 17.2 Å². The first kappa shape index (κ1) is 19.3. The number of hydrogen-bond acceptors (Lipinski definition) is 7. The summed E-state index contributed by atoms with van der Waals surface area (Å²) in [6, 6.07) is 13.8. The molecule has 7 nitrogen and oxygen atoms in total. The summed E-state index contributed by atoms with van der Waals surface area (Å²) in [5, 5.41) is 6.56. The molecule has 1 heterocycles. The standard InChI is InChI=1S/C21H24N4O3/c1-14-6-5-7-15(8-14)12-22-19-11-20(24-13-23-19)25-16-9-17(26-2)21(28-4)18(10-16)27-3/h5-11,13H,12H2,1-4H3,(H2,22,23,24,25). The van der Waals surface area contributed by atoms with Crippen LogP contribution in [0.25, 0.3) is 0 Å². The van der Waals surface area contributed by atoms with Crippen molar-refractivity contribution in [2.24, 2.45) is 0 Å². The largest absolute Gasteiger partial charge is 0.493 e. The van der Waals surface area contributed by atoms with E-state index >= 15 is 0 Å². The van der Waals surface area contributed by atoms with Gasteiger partial charge in [-0.15, -0.1) is 0 Å². The fourth-order valence-corrected chi connectivity index (χ4v) is 2.84. The van der Waals surface area contributed by atoms with E-state index in [1.165, 1.54) is 17.5 Å². The quantitative estimate of drug-likeness (QED) is 0.607. The van der Waals surface area contributed by atoms with Crippen molar-refractivity contribution in [1.29, 1.82) is 0 Å². The van der Waals surface area contributed by atoms with Gasteiger partial charge in [0.1, 0.15) is 18.0 Å². The molecular weight excluding hydrogens is 356 g/mol. The molecule has 7 heteroatoms. The van der Waals surface area contributed by atoms with E-state index in [4.69, 9.17) is 14.2 Å². The predicted molar refractivity (Wildman–Crippen MR) is 110 cm³/mol. The molecule has 0 amide bonds. The van der Waals surface area contributed by atoms with Crippen LogP contribution in [0.5, 0.6) is 17.2 Å². The van der Waals surface area contributed by atoms with Gasteiger partial charge in [-0.05, 0) is 12.5 Å². The van der Waals surface area contributed by atoms with E-state index in [0.717, 1.165) is 11.5 Å². The molecule has 0 saturated heterocycles. The molecule has 2 N–H and O–H groups in total. The van der Waals surface area contributed by atoms with E-state index in [2.05, 4.69) is 45.7 Å². The summed E-state index contributed by atoms with van der Waals surface area (Å²) in [7, 11) is 4.74. The fraction of sp³-hybridized carbons (Fsp3) is 0.238. The Balaban J connectivity index is 1.75. The van der Waals surface area contributed by atoms with E-state index < -0.39 is 0 Å². The van der Waals surface area contributed by atoms with Gasteiger partial charge in [0.05, 0.1) is 21.3 Å². The van der Waals surface area contributed by atoms with Gasteiger partial charge in [-0.3, -0.25) is 0 Å². The van der Waals surface area contributed by atoms with E-state index in [1.807, 2.05) is 24.3 Å². The maximum Gasteiger partial charge on any atom is 0.203 e. The number of aryl methyl sites for hydroxylation is 1. The molecule has 0 radical (unpaired) electrons. The number of methoxy groups -OCH3 is 3. The van der Waals surface area contributed by atoms with E-state index in [0.29, 0.717) is 29.6 Å². The zero-order valence-corrected chi connectivity index (χ0v) is 16.4. The van der Waals surface area contributed by atoms with Crippen molar-refractivity contribution >= 4 is 17.3 Å². The van der Waals surface area contributed by atoms with Crippen LogP contribution in [0.2, 0.25) is 0 Å². The minimum Gasteiger partial charge on any atom is -0.493 e. The number of anilines is 3. The highest BCUT2D eigenvalue weighted by Crippen LogP contribution is 2.40. The lowest BCUT2D eigenvalue weighted by molar-refractivity contribution is 0.324. The second-order valence-electron chi connectivity index (χ2n) is 6.17. The molecule has 28 heavy (non-hydrogen) atoms. The second-order valence-corrected chi connectivity index (χ2v) is 6.17. The summed E-state index contributed by atoms with van der Waals surface area (Å²) in [5.41, 5.74) is 3.18. The zero-order valence-electron chi connectivity index (χ0n) is 16.4. The van der Waals surface area contributed by atoms with Crippen LogP contribution in [-0.4, -0.2) is 31.3 Å². The molecule has 0 unspecified atom stereocenters. The molecule has 0 spiro atoms. The summed E-state index contributed by atoms with van der Waals surface area (Å²) in [4.78, 5) is 8.56. The summed E-state index contributed by atoms with van der Waals surface area (Å²) in [5.74, 6) is 3.05. The molecule has 0 aliphatic rings. The first-order valence-corrected chi connectivity index (χ1v) is 8.81. The highest BCUT2D eigenvalue weighted by Gasteiger charge is 2.13. The highest BCUT2D eigenvalue weighted by molar-refractivity contribution is 5.67. The number of nitrogens with zero attached hydrogens (tertiary/aromatic N) is 2. The molecule has 1 aromatic heterocycles. The Labute approximate surface area is 164 Å². The third-order valence-electron chi connectivity index (χ3n) is 4.16. The smallest absolute Gasteiger partial charge is 0.203 e. The maximum absolute atomic E-state index is 5.39. The Hall–Kier alpha value is -3.48. The molecule has 3 aromatic rings. The lowest BCUT2D eigenvalue weighted by Crippen LogP contribution is -2.03. The zero-order chi connectivity index (χ0) is 19.9. The van der Waals surface area contributed by atoms with Crippen molar-refractivity contribution < 1.29 is 14.2 Å². The molecule has 0 atom stereocenters. The van der Waals surface area contributed by atoms with Crippen LogP contribution < -0.4 is 24.8 Å². The van der Waals surface area contributed by atoms with Gasteiger partial charge in [0.15, 0.2) is 11.5 Å². The molecule has 3 rings (SSSR count). The minimum absolute atomic E-state index is 0.541. The lowest BCUT2D eigenvalue weighted by Gasteiger charge is -2.15. The number of hydrogen-bond donors (Lipinski definition) is 2. The summed E-state index contributed by atoms with van der Waals surface area (Å²) >= 11 is 0. The summed E-state index contributed by atoms with van der Waals surface area (Å²) in [6.07, 6.45) is 1.51. The van der Waals surface area contributed by atoms with Gasteiger partial charge in [0, 0.05) is 30.4 Å². The van der Waals surface area contributed by atoms with Gasteiger partial charge < -0.3 is 24.8 Å². The van der Waals surface area contributed by atoms with Gasteiger partial charge in [-0.1, -0.05) is 29.8 Å². The Bertz CT molecular complexity index is 921. The third-order valence-corrected chi connectivity index (χ3v) is 4.16. The molecule has 2 aromatic carbocycles. The molecule has 0 aliphatic heterocycles. The fourth-order valence-electron chi connectivity index (χ4n) is 2.84. The number of nitrogens with one attached hydrogen (secondary N) is 2. The third kappa shape index (κ3) is 4.62. The number of benzene rings is 2. The van der Waals surface area contributed by atoms with Crippen molar-refractivity contribution in [2.45, 2.75) is 13.5 Å². The topological polar surface area (TPSA) is 77.5 Å². The Morgan fingerprint density at radius 1 is 0.857 bits per heavy atom. The average Bonchev–Trinajstić information content (AvgIpc) is 2.72. The number of ether oxygens (including phenoxy) is 3. The molecule has 0 bridgehead atoms. The van der Waals surface area contributed by atoms with E-state index in [9.17, 15) is 0 Å². The van der Waals surface area contributed by atoms with Crippen LogP contribution >= 0.6 is 0 Å². The number of rotatable bonds is 8. The Morgan fingerprint density at radius 3 is 2.21 bits per heavy atom. The second kappa shape index (κ2) is 8.94. The first-order valence-electron chi connectivity index (χ1n) is 8.81. The normalized spacial score (nSPS) is 10.3. The van der Waals surface area contributed by atoms with Gasteiger partial charge in [-0.2, -0.15) is 0 Å². The lowest BCUT2D eigenvalue weighted by atomic mass is 10.1. The molecule has 0 saturated carbocycles. The van der Waals surface area contributed by atoms with Gasteiger partial charge >= 0.3 is 0 Å². The van der Waals surface area contributed by atoms with Crippen molar-refractivity contribution in [1.82, 2.24) is 9.97 Å². The van der Waals surface area contributed by atoms with Crippen molar-refractivity contribution in [2.75, 3.05) is 32.0 Å². The Kier molecular flexibility index (Phi) is 6.16. The van der Waals surface area contributed by atoms with E-state index in [-0.39, 0.29) is 0 Å². The number of aromatic nitrogens is 2. The van der Waals surface area contributed by atoms with Gasteiger partial charge in [0.25, 0.3) is 0 Å². The SMILES string of the molecule is COc1cc(Nc2cc(NCc3cccc(C)c3)ncn2)cc(OC)c1OC. The molecule has 0 aliphatic carbocycles. The van der Waals surface area contributed by atoms with Crippen LogP contribution in [0.1, 0.15) is 11.1 Å². The van der Waals surface area contributed by atoms with Crippen molar-refractivity contribution in [3.05, 3.63) is 59.9 Å². The summed E-state index contributed by atoms with van der Waals surface area (Å²) in [6.45, 7) is 2.76. The van der Waals surface area contributed by atoms with Crippen LogP contribution in [0.4, 0.5) is 17.3 Å². The average molecular weight is 380 g/mol. The molecule has 0 fully saturated rings. The maximum atomic E-state index is 5.39. The van der Waals surface area contributed by atoms with Gasteiger partial charge in [0.2, 0.25) is 5.75 Å². The molecule has 146 valence electrons.